The lowest BCUT2D eigenvalue weighted by Gasteiger charge is -2.40. The molecule has 0 radical (unpaired) electrons. The number of carbonyl (C=O) groups is 3. The number of rotatable bonds is 10. The smallest absolute Gasteiger partial charge is 0.333 e. The summed E-state index contributed by atoms with van der Waals surface area (Å²) < 4.78 is 22.7. The molecule has 0 aromatic carbocycles. The van der Waals surface area contributed by atoms with Crippen LogP contribution in [0.15, 0.2) is 35.5 Å². The first-order chi connectivity index (χ1) is 16.6. The molecule has 1 aliphatic carbocycles. The number of aliphatic hydroxyl groups excluding tert-OH is 1. The number of fused-ring (bicyclic) bond motifs is 1. The van der Waals surface area contributed by atoms with E-state index in [2.05, 4.69) is 6.58 Å². The number of epoxide rings is 1. The quantitative estimate of drug-likeness (QED) is 0.150. The van der Waals surface area contributed by atoms with Gasteiger partial charge in [0.2, 0.25) is 0 Å². The average Bonchev–Trinajstić information content (AvgIpc) is 3.47. The van der Waals surface area contributed by atoms with Crippen molar-refractivity contribution in [1.82, 2.24) is 0 Å². The van der Waals surface area contributed by atoms with Gasteiger partial charge in [-0.3, -0.25) is 4.79 Å². The molecule has 1 heterocycles. The van der Waals surface area contributed by atoms with Crippen molar-refractivity contribution in [1.29, 1.82) is 0 Å². The summed E-state index contributed by atoms with van der Waals surface area (Å²) in [5.41, 5.74) is -1.22. The molecule has 1 aliphatic heterocycles. The van der Waals surface area contributed by atoms with Crippen LogP contribution in [0, 0.1) is 5.92 Å². The summed E-state index contributed by atoms with van der Waals surface area (Å²) in [4.78, 5) is 36.9. The molecule has 2 fully saturated rings. The molecule has 0 bridgehead atoms. The topological polar surface area (TPSA) is 132 Å². The highest BCUT2D eigenvalue weighted by Crippen LogP contribution is 2.53. The molecule has 2 aliphatic rings. The van der Waals surface area contributed by atoms with Crippen LogP contribution in [0.3, 0.4) is 0 Å². The van der Waals surface area contributed by atoms with Crippen LogP contribution in [0.5, 0.6) is 0 Å². The van der Waals surface area contributed by atoms with Crippen molar-refractivity contribution in [3.8, 4) is 0 Å². The molecular weight excluding hydrogens is 468 g/mol. The third-order valence-electron chi connectivity index (χ3n) is 7.13. The maximum atomic E-state index is 12.6. The van der Waals surface area contributed by atoms with Gasteiger partial charge in [-0.1, -0.05) is 18.7 Å². The second kappa shape index (κ2) is 11.3. The molecule has 0 spiro atoms. The Hall–Kier alpha value is -2.49. The Labute approximate surface area is 213 Å². The van der Waals surface area contributed by atoms with Gasteiger partial charge in [-0.25, -0.2) is 9.59 Å². The van der Waals surface area contributed by atoms with Gasteiger partial charge >= 0.3 is 17.9 Å². The number of hydrogen-bond acceptors (Lipinski definition) is 9. The molecule has 0 aromatic rings. The van der Waals surface area contributed by atoms with Crippen LogP contribution >= 0.6 is 0 Å². The minimum absolute atomic E-state index is 0.140. The van der Waals surface area contributed by atoms with Gasteiger partial charge in [-0.15, -0.1) is 0 Å². The number of hydrogen-bond donors (Lipinski definition) is 2. The minimum Gasteiger partial charge on any atom is -0.458 e. The fraction of sp³-hybridized carbons (Fsp3) is 0.667. The summed E-state index contributed by atoms with van der Waals surface area (Å²) in [6, 6.07) is 0. The molecule has 9 heteroatoms. The van der Waals surface area contributed by atoms with E-state index in [0.29, 0.717) is 23.1 Å². The van der Waals surface area contributed by atoms with Crippen LogP contribution in [0.1, 0.15) is 68.2 Å². The molecule has 0 amide bonds. The molecule has 2 N–H and O–H groups in total. The zero-order chi connectivity index (χ0) is 27.6. The van der Waals surface area contributed by atoms with E-state index in [1.165, 1.54) is 20.8 Å². The predicted molar refractivity (Wildman–Crippen MR) is 132 cm³/mol. The lowest BCUT2D eigenvalue weighted by molar-refractivity contribution is -0.176. The van der Waals surface area contributed by atoms with Crippen molar-refractivity contribution in [3.05, 3.63) is 35.5 Å². The fourth-order valence-corrected chi connectivity index (χ4v) is 4.34. The minimum atomic E-state index is -1.45. The summed E-state index contributed by atoms with van der Waals surface area (Å²) >= 11 is 0. The van der Waals surface area contributed by atoms with Gasteiger partial charge in [0.15, 0.2) is 6.10 Å². The van der Waals surface area contributed by atoms with Gasteiger partial charge in [0.25, 0.3) is 0 Å². The Morgan fingerprint density at radius 2 is 1.67 bits per heavy atom. The van der Waals surface area contributed by atoms with Crippen molar-refractivity contribution in [2.75, 3.05) is 0 Å². The van der Waals surface area contributed by atoms with Crippen molar-refractivity contribution in [2.24, 2.45) is 5.92 Å². The van der Waals surface area contributed by atoms with Crippen molar-refractivity contribution >= 4 is 17.9 Å². The zero-order valence-corrected chi connectivity index (χ0v) is 22.5. The SMILES string of the molecule is C=C([C@H](O)C[C@@H](OC(=O)/C(C)=C\C)C(C)(C)O)[C@@H]1C[C@@H]2O[C@]2(C)[C@H](OC(=O)/C(C)=C\C)[C@@H]1OC(C)=O. The van der Waals surface area contributed by atoms with Gasteiger partial charge in [0.1, 0.15) is 17.8 Å². The average molecular weight is 509 g/mol. The molecule has 2 rings (SSSR count). The van der Waals surface area contributed by atoms with Gasteiger partial charge in [-0.05, 0) is 60.5 Å². The van der Waals surface area contributed by atoms with Crippen LogP contribution in [0.25, 0.3) is 0 Å². The van der Waals surface area contributed by atoms with E-state index in [9.17, 15) is 24.6 Å². The molecular formula is C27H40O9. The van der Waals surface area contributed by atoms with Crippen molar-refractivity contribution < 1.29 is 43.5 Å². The largest absolute Gasteiger partial charge is 0.458 e. The van der Waals surface area contributed by atoms with Gasteiger partial charge in [-0.2, -0.15) is 0 Å². The van der Waals surface area contributed by atoms with E-state index in [-0.39, 0.29) is 12.5 Å². The number of ether oxygens (including phenoxy) is 4. The lowest BCUT2D eigenvalue weighted by Crippen LogP contribution is -2.54. The lowest BCUT2D eigenvalue weighted by atomic mass is 9.73. The second-order valence-corrected chi connectivity index (χ2v) is 10.3. The molecule has 0 unspecified atom stereocenters. The van der Waals surface area contributed by atoms with Crippen LogP contribution < -0.4 is 0 Å². The Balaban J connectivity index is 2.31. The first-order valence-electron chi connectivity index (χ1n) is 12.2. The molecule has 36 heavy (non-hydrogen) atoms. The van der Waals surface area contributed by atoms with E-state index in [1.54, 1.807) is 46.8 Å². The van der Waals surface area contributed by atoms with E-state index in [0.717, 1.165) is 0 Å². The number of carbonyl (C=O) groups excluding carboxylic acids is 3. The summed E-state index contributed by atoms with van der Waals surface area (Å²) in [5.74, 6) is -2.35. The monoisotopic (exact) mass is 508 g/mol. The maximum Gasteiger partial charge on any atom is 0.333 e. The van der Waals surface area contributed by atoms with Crippen LogP contribution in [0.2, 0.25) is 0 Å². The normalized spacial score (nSPS) is 29.9. The Morgan fingerprint density at radius 1 is 1.11 bits per heavy atom. The fourth-order valence-electron chi connectivity index (χ4n) is 4.34. The third kappa shape index (κ3) is 6.63. The molecule has 0 aromatic heterocycles. The first-order valence-corrected chi connectivity index (χ1v) is 12.2. The summed E-state index contributed by atoms with van der Waals surface area (Å²) in [6.07, 6.45) is -0.975. The maximum absolute atomic E-state index is 12.6. The molecule has 7 atom stereocenters. The Kier molecular flexibility index (Phi) is 9.31. The van der Waals surface area contributed by atoms with Gasteiger partial charge < -0.3 is 29.2 Å². The number of aliphatic hydroxyl groups is 2. The van der Waals surface area contributed by atoms with Crippen LogP contribution in [-0.2, 0) is 33.3 Å². The highest BCUT2D eigenvalue weighted by atomic mass is 16.7. The number of allylic oxidation sites excluding steroid dienone is 2. The summed E-state index contributed by atoms with van der Waals surface area (Å²) in [5, 5.41) is 21.7. The van der Waals surface area contributed by atoms with Crippen LogP contribution in [-0.4, -0.2) is 69.8 Å². The van der Waals surface area contributed by atoms with Crippen molar-refractivity contribution in [3.63, 3.8) is 0 Å². The predicted octanol–water partition coefficient (Wildman–Crippen LogP) is 2.93. The van der Waals surface area contributed by atoms with E-state index >= 15 is 0 Å². The van der Waals surface area contributed by atoms with E-state index in [1.807, 2.05) is 0 Å². The van der Waals surface area contributed by atoms with E-state index in [4.69, 9.17) is 18.9 Å². The molecule has 9 nitrogen and oxygen atoms in total. The second-order valence-electron chi connectivity index (χ2n) is 10.3. The van der Waals surface area contributed by atoms with E-state index < -0.39 is 59.4 Å². The van der Waals surface area contributed by atoms with Crippen LogP contribution in [0.4, 0.5) is 0 Å². The molecule has 202 valence electrons. The number of esters is 3. The summed E-state index contributed by atoms with van der Waals surface area (Å²) in [7, 11) is 0. The highest BCUT2D eigenvalue weighted by molar-refractivity contribution is 5.88. The zero-order valence-electron chi connectivity index (χ0n) is 22.5. The molecule has 1 saturated heterocycles. The molecule has 1 saturated carbocycles. The first kappa shape index (κ1) is 29.7. The summed E-state index contributed by atoms with van der Waals surface area (Å²) in [6.45, 7) is 16.7. The van der Waals surface area contributed by atoms with Gasteiger partial charge in [0.05, 0.1) is 17.8 Å². The highest BCUT2D eigenvalue weighted by Gasteiger charge is 2.68. The van der Waals surface area contributed by atoms with Gasteiger partial charge in [0, 0.05) is 30.4 Å². The van der Waals surface area contributed by atoms with Crippen molar-refractivity contribution in [2.45, 2.75) is 110 Å². The Morgan fingerprint density at radius 3 is 2.17 bits per heavy atom. The third-order valence-corrected chi connectivity index (χ3v) is 7.13. The standard InChI is InChI=1S/C27H40O9/c1-10-14(3)24(30)34-20(26(7,8)32)13-19(29)16(5)18-12-21-27(9,36-21)23(22(18)33-17(6)28)35-25(31)15(4)11-2/h10-11,18-23,29,32H,5,12-13H2,1-4,6-9H3/b14-10-,15-11-/t18-,19+,20+,21-,22+,23+,27-/m0/s1. The Bertz CT molecular complexity index is 941.